The molecule has 0 N–H and O–H groups in total. The van der Waals surface area contributed by atoms with E-state index in [1.807, 2.05) is 48.8 Å². The second kappa shape index (κ2) is 8.22. The molecule has 4 nitrogen and oxygen atoms in total. The summed E-state index contributed by atoms with van der Waals surface area (Å²) in [6, 6.07) is 18.2. The van der Waals surface area contributed by atoms with Crippen LogP contribution in [0.25, 0.3) is 0 Å². The molecule has 0 bridgehead atoms. The fraction of sp³-hybridized carbons (Fsp3) is 0.200. The number of para-hydroxylation sites is 1. The van der Waals surface area contributed by atoms with Gasteiger partial charge in [-0.15, -0.1) is 0 Å². The minimum absolute atomic E-state index is 0.772. The Balaban J connectivity index is 1.81. The fourth-order valence-corrected chi connectivity index (χ4v) is 2.71. The highest BCUT2D eigenvalue weighted by Crippen LogP contribution is 2.21. The number of rotatable bonds is 7. The Morgan fingerprint density at radius 1 is 0.875 bits per heavy atom. The maximum absolute atomic E-state index is 5.49. The van der Waals surface area contributed by atoms with Crippen molar-refractivity contribution in [3.8, 4) is 5.75 Å². The molecule has 1 aromatic carbocycles. The second-order valence-electron chi connectivity index (χ2n) is 5.64. The van der Waals surface area contributed by atoms with Gasteiger partial charge < -0.3 is 4.74 Å². The van der Waals surface area contributed by atoms with E-state index in [1.165, 1.54) is 11.1 Å². The molecule has 4 heteroatoms. The van der Waals surface area contributed by atoms with Gasteiger partial charge in [0, 0.05) is 43.8 Å². The number of nitrogens with zero attached hydrogens (tertiary/aromatic N) is 3. The quantitative estimate of drug-likeness (QED) is 0.666. The molecule has 2 aromatic heterocycles. The summed E-state index contributed by atoms with van der Waals surface area (Å²) < 4.78 is 5.49. The summed E-state index contributed by atoms with van der Waals surface area (Å²) in [5, 5.41) is 0. The maximum Gasteiger partial charge on any atom is 0.123 e. The summed E-state index contributed by atoms with van der Waals surface area (Å²) in [7, 11) is 1.71. The van der Waals surface area contributed by atoms with E-state index in [9.17, 15) is 0 Å². The third kappa shape index (κ3) is 4.40. The Kier molecular flexibility index (Phi) is 5.53. The van der Waals surface area contributed by atoms with Gasteiger partial charge in [-0.25, -0.2) is 0 Å². The van der Waals surface area contributed by atoms with Crippen molar-refractivity contribution in [1.82, 2.24) is 14.9 Å². The number of methoxy groups -OCH3 is 1. The normalized spacial score (nSPS) is 10.8. The zero-order valence-corrected chi connectivity index (χ0v) is 13.8. The molecule has 0 radical (unpaired) electrons. The molecule has 2 heterocycles. The molecule has 0 atom stereocenters. The summed E-state index contributed by atoms with van der Waals surface area (Å²) in [5.41, 5.74) is 3.40. The highest BCUT2D eigenvalue weighted by atomic mass is 16.5. The molecule has 0 unspecified atom stereocenters. The maximum atomic E-state index is 5.49. The zero-order valence-electron chi connectivity index (χ0n) is 13.8. The number of hydrogen-bond donors (Lipinski definition) is 0. The molecular formula is C20H21N3O. The molecule has 0 aliphatic carbocycles. The first-order valence-electron chi connectivity index (χ1n) is 7.98. The van der Waals surface area contributed by atoms with Crippen LogP contribution in [0.15, 0.2) is 73.2 Å². The Morgan fingerprint density at radius 3 is 2.50 bits per heavy atom. The van der Waals surface area contributed by atoms with Crippen molar-refractivity contribution in [2.24, 2.45) is 0 Å². The number of ether oxygens (including phenoxy) is 1. The number of aromatic nitrogens is 2. The molecule has 0 amide bonds. The molecule has 0 fully saturated rings. The predicted molar refractivity (Wildman–Crippen MR) is 94.4 cm³/mol. The zero-order chi connectivity index (χ0) is 16.6. The Bertz CT molecular complexity index is 706. The van der Waals surface area contributed by atoms with E-state index in [1.54, 1.807) is 13.3 Å². The van der Waals surface area contributed by atoms with Crippen molar-refractivity contribution in [3.63, 3.8) is 0 Å². The van der Waals surface area contributed by atoms with E-state index >= 15 is 0 Å². The molecule has 0 saturated carbocycles. The highest BCUT2D eigenvalue weighted by Gasteiger charge is 2.12. The lowest BCUT2D eigenvalue weighted by atomic mass is 10.1. The van der Waals surface area contributed by atoms with E-state index in [0.717, 1.165) is 31.1 Å². The molecule has 122 valence electrons. The van der Waals surface area contributed by atoms with Gasteiger partial charge in [0.05, 0.1) is 12.8 Å². The third-order valence-electron chi connectivity index (χ3n) is 3.83. The van der Waals surface area contributed by atoms with Crippen LogP contribution in [0.2, 0.25) is 0 Å². The van der Waals surface area contributed by atoms with Crippen LogP contribution in [0, 0.1) is 0 Å². The van der Waals surface area contributed by atoms with Crippen LogP contribution in [0.3, 0.4) is 0 Å². The molecule has 3 aromatic rings. The monoisotopic (exact) mass is 319 g/mol. The van der Waals surface area contributed by atoms with E-state index in [0.29, 0.717) is 0 Å². The standard InChI is InChI=1S/C20H21N3O/c1-24-20-10-3-2-8-18(20)15-23(14-17-7-6-11-21-13-17)16-19-9-4-5-12-22-19/h2-13H,14-16H2,1H3. The Hall–Kier alpha value is -2.72. The highest BCUT2D eigenvalue weighted by molar-refractivity contribution is 5.33. The number of benzene rings is 1. The largest absolute Gasteiger partial charge is 0.496 e. The van der Waals surface area contributed by atoms with Crippen LogP contribution in [0.1, 0.15) is 16.8 Å². The predicted octanol–water partition coefficient (Wildman–Crippen LogP) is 3.69. The first-order valence-corrected chi connectivity index (χ1v) is 7.98. The van der Waals surface area contributed by atoms with Gasteiger partial charge in [-0.3, -0.25) is 14.9 Å². The topological polar surface area (TPSA) is 38.2 Å². The van der Waals surface area contributed by atoms with Gasteiger partial charge in [0.2, 0.25) is 0 Å². The fourth-order valence-electron chi connectivity index (χ4n) is 2.71. The number of hydrogen-bond acceptors (Lipinski definition) is 4. The summed E-state index contributed by atoms with van der Waals surface area (Å²) in [6.45, 7) is 2.37. The lowest BCUT2D eigenvalue weighted by Crippen LogP contribution is -2.23. The molecule has 24 heavy (non-hydrogen) atoms. The van der Waals surface area contributed by atoms with Gasteiger partial charge >= 0.3 is 0 Å². The Morgan fingerprint density at radius 2 is 1.75 bits per heavy atom. The van der Waals surface area contributed by atoms with Crippen LogP contribution < -0.4 is 4.74 Å². The molecule has 0 saturated heterocycles. The lowest BCUT2D eigenvalue weighted by molar-refractivity contribution is 0.240. The molecule has 0 aliphatic rings. The summed E-state index contributed by atoms with van der Waals surface area (Å²) in [6.07, 6.45) is 5.54. The molecular weight excluding hydrogens is 298 g/mol. The Labute approximate surface area is 142 Å². The van der Waals surface area contributed by atoms with Crippen LogP contribution >= 0.6 is 0 Å². The van der Waals surface area contributed by atoms with Gasteiger partial charge in [-0.2, -0.15) is 0 Å². The van der Waals surface area contributed by atoms with Crippen LogP contribution in [-0.4, -0.2) is 22.0 Å². The van der Waals surface area contributed by atoms with Crippen molar-refractivity contribution >= 4 is 0 Å². The summed E-state index contributed by atoms with van der Waals surface area (Å²) in [4.78, 5) is 11.0. The van der Waals surface area contributed by atoms with Gasteiger partial charge in [0.25, 0.3) is 0 Å². The van der Waals surface area contributed by atoms with Gasteiger partial charge in [-0.1, -0.05) is 30.3 Å². The van der Waals surface area contributed by atoms with Crippen molar-refractivity contribution in [2.45, 2.75) is 19.6 Å². The SMILES string of the molecule is COc1ccccc1CN(Cc1cccnc1)Cc1ccccn1. The first kappa shape index (κ1) is 16.1. The van der Waals surface area contributed by atoms with Gasteiger partial charge in [-0.05, 0) is 29.8 Å². The molecule has 3 rings (SSSR count). The van der Waals surface area contributed by atoms with E-state index in [2.05, 4.69) is 33.1 Å². The van der Waals surface area contributed by atoms with Crippen LogP contribution in [-0.2, 0) is 19.6 Å². The van der Waals surface area contributed by atoms with Crippen LogP contribution in [0.4, 0.5) is 0 Å². The van der Waals surface area contributed by atoms with Crippen molar-refractivity contribution in [3.05, 3.63) is 90.0 Å². The smallest absolute Gasteiger partial charge is 0.123 e. The van der Waals surface area contributed by atoms with Gasteiger partial charge in [0.1, 0.15) is 5.75 Å². The molecule has 0 spiro atoms. The lowest BCUT2D eigenvalue weighted by Gasteiger charge is -2.23. The van der Waals surface area contributed by atoms with E-state index in [-0.39, 0.29) is 0 Å². The third-order valence-corrected chi connectivity index (χ3v) is 3.83. The van der Waals surface area contributed by atoms with E-state index < -0.39 is 0 Å². The average molecular weight is 319 g/mol. The minimum Gasteiger partial charge on any atom is -0.496 e. The second-order valence-corrected chi connectivity index (χ2v) is 5.64. The minimum atomic E-state index is 0.772. The van der Waals surface area contributed by atoms with Crippen LogP contribution in [0.5, 0.6) is 5.75 Å². The average Bonchev–Trinajstić information content (AvgIpc) is 2.64. The number of pyridine rings is 2. The summed E-state index contributed by atoms with van der Waals surface area (Å²) in [5.74, 6) is 0.912. The van der Waals surface area contributed by atoms with Crippen molar-refractivity contribution in [1.29, 1.82) is 0 Å². The molecule has 0 aliphatic heterocycles. The first-order chi connectivity index (χ1) is 11.8. The van der Waals surface area contributed by atoms with Gasteiger partial charge in [0.15, 0.2) is 0 Å². The van der Waals surface area contributed by atoms with Crippen molar-refractivity contribution < 1.29 is 4.74 Å². The van der Waals surface area contributed by atoms with E-state index in [4.69, 9.17) is 4.74 Å². The van der Waals surface area contributed by atoms with Crippen molar-refractivity contribution in [2.75, 3.05) is 7.11 Å². The summed E-state index contributed by atoms with van der Waals surface area (Å²) >= 11 is 0.